The highest BCUT2D eigenvalue weighted by Gasteiger charge is 2.27. The molecule has 0 saturated heterocycles. The Morgan fingerprint density at radius 3 is 2.60 bits per heavy atom. The maximum atomic E-state index is 13.5. The number of nitrogens with two attached hydrogens (primary N) is 1. The van der Waals surface area contributed by atoms with Gasteiger partial charge in [-0.05, 0) is 30.7 Å². The number of amides is 1. The van der Waals surface area contributed by atoms with Gasteiger partial charge in [-0.15, -0.1) is 0 Å². The predicted molar refractivity (Wildman–Crippen MR) is 63.7 cm³/mol. The van der Waals surface area contributed by atoms with E-state index in [-0.39, 0.29) is 5.75 Å². The molecule has 0 atom stereocenters. The van der Waals surface area contributed by atoms with E-state index in [0.717, 1.165) is 0 Å². The van der Waals surface area contributed by atoms with Crippen molar-refractivity contribution in [3.63, 3.8) is 0 Å². The number of hydrogen-bond acceptors (Lipinski definition) is 3. The minimum Gasteiger partial charge on any atom is -0.481 e. The summed E-state index contributed by atoms with van der Waals surface area (Å²) >= 11 is 0. The molecule has 0 heterocycles. The third kappa shape index (κ3) is 5.87. The van der Waals surface area contributed by atoms with E-state index in [2.05, 4.69) is 0 Å². The number of ether oxygens (including phenoxy) is 1. The molecule has 1 rings (SSSR count). The number of alkyl halides is 3. The van der Waals surface area contributed by atoms with Gasteiger partial charge in [0, 0.05) is 0 Å². The van der Waals surface area contributed by atoms with Crippen LogP contribution >= 0.6 is 0 Å². The monoisotopic (exact) mass is 294 g/mol. The van der Waals surface area contributed by atoms with Gasteiger partial charge in [0.25, 0.3) is 5.91 Å². The SMILES string of the molecule is NCCc1ccc(OCC(=O)NCC(F)(F)F)c(F)c1. The van der Waals surface area contributed by atoms with Crippen LogP contribution < -0.4 is 15.8 Å². The Hall–Kier alpha value is -1.83. The van der Waals surface area contributed by atoms with Crippen molar-refractivity contribution in [2.45, 2.75) is 12.6 Å². The first-order chi connectivity index (χ1) is 9.31. The van der Waals surface area contributed by atoms with Crippen LogP contribution in [0.25, 0.3) is 0 Å². The van der Waals surface area contributed by atoms with Crippen molar-refractivity contribution >= 4 is 5.91 Å². The van der Waals surface area contributed by atoms with Gasteiger partial charge in [-0.25, -0.2) is 4.39 Å². The molecule has 0 aliphatic rings. The van der Waals surface area contributed by atoms with E-state index < -0.39 is 31.1 Å². The highest BCUT2D eigenvalue weighted by Crippen LogP contribution is 2.18. The predicted octanol–water partition coefficient (Wildman–Crippen LogP) is 1.38. The van der Waals surface area contributed by atoms with Crippen LogP contribution in [-0.2, 0) is 11.2 Å². The van der Waals surface area contributed by atoms with Gasteiger partial charge in [0.05, 0.1) is 0 Å². The average Bonchev–Trinajstić information content (AvgIpc) is 2.35. The zero-order valence-corrected chi connectivity index (χ0v) is 10.5. The fourth-order valence-corrected chi connectivity index (χ4v) is 1.38. The summed E-state index contributed by atoms with van der Waals surface area (Å²) in [5.74, 6) is -1.87. The van der Waals surface area contributed by atoms with E-state index in [9.17, 15) is 22.4 Å². The Labute approximate surface area is 112 Å². The Kier molecular flexibility index (Phi) is 5.75. The molecule has 0 aliphatic carbocycles. The molecule has 4 nitrogen and oxygen atoms in total. The summed E-state index contributed by atoms with van der Waals surface area (Å²) in [6.07, 6.45) is -4.01. The lowest BCUT2D eigenvalue weighted by molar-refractivity contribution is -0.139. The standard InChI is InChI=1S/C12H14F4N2O2/c13-9-5-8(3-4-17)1-2-10(9)20-6-11(19)18-7-12(14,15)16/h1-2,5H,3-4,6-7,17H2,(H,18,19). The minimum absolute atomic E-state index is 0.201. The van der Waals surface area contributed by atoms with Crippen LogP contribution in [-0.4, -0.2) is 31.8 Å². The Morgan fingerprint density at radius 1 is 1.35 bits per heavy atom. The van der Waals surface area contributed by atoms with Crippen molar-refractivity contribution in [2.75, 3.05) is 19.7 Å². The summed E-state index contributed by atoms with van der Waals surface area (Å²) in [5, 5.41) is 1.62. The summed E-state index contributed by atoms with van der Waals surface area (Å²) in [7, 11) is 0. The van der Waals surface area contributed by atoms with Crippen LogP contribution in [0.15, 0.2) is 18.2 Å². The Bertz CT molecular complexity index is 463. The normalized spacial score (nSPS) is 11.2. The third-order valence-corrected chi connectivity index (χ3v) is 2.27. The summed E-state index contributed by atoms with van der Waals surface area (Å²) < 4.78 is 53.8. The first-order valence-corrected chi connectivity index (χ1v) is 5.76. The molecule has 1 aromatic carbocycles. The molecule has 0 aliphatic heterocycles. The Balaban J connectivity index is 2.47. The van der Waals surface area contributed by atoms with Crippen molar-refractivity contribution < 1.29 is 27.1 Å². The molecular formula is C12H14F4N2O2. The molecule has 0 saturated carbocycles. The second kappa shape index (κ2) is 7.09. The van der Waals surface area contributed by atoms with Gasteiger partial charge in [-0.3, -0.25) is 4.79 Å². The summed E-state index contributed by atoms with van der Waals surface area (Å²) in [4.78, 5) is 11.1. The van der Waals surface area contributed by atoms with Crippen molar-refractivity contribution in [3.8, 4) is 5.75 Å². The second-order valence-electron chi connectivity index (χ2n) is 3.98. The molecule has 112 valence electrons. The van der Waals surface area contributed by atoms with Crippen LogP contribution in [0.5, 0.6) is 5.75 Å². The van der Waals surface area contributed by atoms with Gasteiger partial charge in [0.1, 0.15) is 6.54 Å². The summed E-state index contributed by atoms with van der Waals surface area (Å²) in [6, 6.07) is 4.08. The topological polar surface area (TPSA) is 64.3 Å². The van der Waals surface area contributed by atoms with Gasteiger partial charge >= 0.3 is 6.18 Å². The smallest absolute Gasteiger partial charge is 0.405 e. The average molecular weight is 294 g/mol. The highest BCUT2D eigenvalue weighted by molar-refractivity contribution is 5.77. The van der Waals surface area contributed by atoms with E-state index in [1.165, 1.54) is 12.1 Å². The van der Waals surface area contributed by atoms with E-state index >= 15 is 0 Å². The zero-order chi connectivity index (χ0) is 15.2. The minimum atomic E-state index is -4.50. The van der Waals surface area contributed by atoms with Gasteiger partial charge in [-0.1, -0.05) is 6.07 Å². The van der Waals surface area contributed by atoms with Crippen molar-refractivity contribution in [1.29, 1.82) is 0 Å². The van der Waals surface area contributed by atoms with Gasteiger partial charge in [0.2, 0.25) is 0 Å². The summed E-state index contributed by atoms with van der Waals surface area (Å²) in [6.45, 7) is -1.78. The fourth-order valence-electron chi connectivity index (χ4n) is 1.38. The molecule has 0 unspecified atom stereocenters. The Morgan fingerprint density at radius 2 is 2.05 bits per heavy atom. The van der Waals surface area contributed by atoms with Crippen molar-refractivity contribution in [3.05, 3.63) is 29.6 Å². The van der Waals surface area contributed by atoms with Crippen LogP contribution in [0.2, 0.25) is 0 Å². The fraction of sp³-hybridized carbons (Fsp3) is 0.417. The number of rotatable bonds is 6. The quantitative estimate of drug-likeness (QED) is 0.779. The van der Waals surface area contributed by atoms with Crippen molar-refractivity contribution in [2.24, 2.45) is 5.73 Å². The largest absolute Gasteiger partial charge is 0.481 e. The molecule has 1 amide bonds. The molecule has 0 radical (unpaired) electrons. The van der Waals surface area contributed by atoms with Crippen molar-refractivity contribution in [1.82, 2.24) is 5.32 Å². The third-order valence-electron chi connectivity index (χ3n) is 2.27. The lowest BCUT2D eigenvalue weighted by Gasteiger charge is -2.10. The number of carbonyl (C=O) groups excluding carboxylic acids is 1. The molecule has 0 aromatic heterocycles. The van der Waals surface area contributed by atoms with Gasteiger partial charge < -0.3 is 15.8 Å². The molecule has 0 spiro atoms. The number of carbonyl (C=O) groups is 1. The molecule has 0 fully saturated rings. The maximum absolute atomic E-state index is 13.5. The lowest BCUT2D eigenvalue weighted by Crippen LogP contribution is -2.36. The van der Waals surface area contributed by atoms with E-state index in [1.54, 1.807) is 11.4 Å². The highest BCUT2D eigenvalue weighted by atomic mass is 19.4. The van der Waals surface area contributed by atoms with E-state index in [0.29, 0.717) is 18.5 Å². The van der Waals surface area contributed by atoms with Crippen LogP contribution in [0.1, 0.15) is 5.56 Å². The molecule has 1 aromatic rings. The van der Waals surface area contributed by atoms with E-state index in [4.69, 9.17) is 10.5 Å². The summed E-state index contributed by atoms with van der Waals surface area (Å²) in [5.41, 5.74) is 5.98. The van der Waals surface area contributed by atoms with Gasteiger partial charge in [0.15, 0.2) is 18.2 Å². The number of nitrogens with one attached hydrogen (secondary N) is 1. The number of halogens is 4. The molecular weight excluding hydrogens is 280 g/mol. The van der Waals surface area contributed by atoms with Gasteiger partial charge in [-0.2, -0.15) is 13.2 Å². The molecule has 0 bridgehead atoms. The lowest BCUT2D eigenvalue weighted by atomic mass is 10.1. The van der Waals surface area contributed by atoms with Crippen LogP contribution in [0, 0.1) is 5.82 Å². The molecule has 8 heteroatoms. The number of benzene rings is 1. The number of hydrogen-bond donors (Lipinski definition) is 2. The first kappa shape index (κ1) is 16.2. The molecule has 20 heavy (non-hydrogen) atoms. The van der Waals surface area contributed by atoms with Crippen LogP contribution in [0.4, 0.5) is 17.6 Å². The van der Waals surface area contributed by atoms with E-state index in [1.807, 2.05) is 0 Å². The van der Waals surface area contributed by atoms with Crippen LogP contribution in [0.3, 0.4) is 0 Å². The second-order valence-corrected chi connectivity index (χ2v) is 3.98. The molecule has 3 N–H and O–H groups in total. The maximum Gasteiger partial charge on any atom is 0.405 e. The zero-order valence-electron chi connectivity index (χ0n) is 10.5. The first-order valence-electron chi connectivity index (χ1n) is 5.76.